The van der Waals surface area contributed by atoms with E-state index in [1.807, 2.05) is 0 Å². The predicted molar refractivity (Wildman–Crippen MR) is 96.5 cm³/mol. The maximum absolute atomic E-state index is 13.4. The molecule has 1 fully saturated rings. The molecule has 2 heterocycles. The Hall–Kier alpha value is -3.43. The first-order valence-electron chi connectivity index (χ1n) is 8.96. The molecule has 28 heavy (non-hydrogen) atoms. The lowest BCUT2D eigenvalue weighted by Crippen LogP contribution is -2.32. The van der Waals surface area contributed by atoms with Crippen LogP contribution < -0.4 is 11.1 Å². The van der Waals surface area contributed by atoms with Crippen LogP contribution in [-0.2, 0) is 6.42 Å². The average molecular weight is 383 g/mol. The predicted octanol–water partition coefficient (Wildman–Crippen LogP) is 1.91. The zero-order chi connectivity index (χ0) is 19.5. The third-order valence-corrected chi connectivity index (χ3v) is 4.46. The van der Waals surface area contributed by atoms with Gasteiger partial charge in [-0.05, 0) is 30.5 Å². The number of nitrogens with zero attached hydrogens (tertiary/aromatic N) is 5. The van der Waals surface area contributed by atoms with Gasteiger partial charge in [0.25, 0.3) is 0 Å². The van der Waals surface area contributed by atoms with Crippen molar-refractivity contribution in [1.29, 1.82) is 0 Å². The summed E-state index contributed by atoms with van der Waals surface area (Å²) in [5.41, 5.74) is 6.44. The molecule has 4 rings (SSSR count). The van der Waals surface area contributed by atoms with Crippen LogP contribution in [0.25, 0.3) is 11.6 Å². The molecule has 0 bridgehead atoms. The van der Waals surface area contributed by atoms with Crippen molar-refractivity contribution in [2.45, 2.75) is 38.1 Å². The van der Waals surface area contributed by atoms with E-state index in [0.717, 1.165) is 25.7 Å². The largest absolute Gasteiger partial charge is 0.368 e. The van der Waals surface area contributed by atoms with Gasteiger partial charge in [-0.15, -0.1) is 0 Å². The smallest absolute Gasteiger partial charge is 0.316 e. The molecule has 1 aromatic carbocycles. The SMILES string of the molecule is Nc1nc(Cc2cccc(F)c2)nc(-c2noc(C(=O)NC3CCCC3)n2)n1. The number of amides is 1. The number of nitrogens with two attached hydrogens (primary N) is 1. The number of rotatable bonds is 5. The highest BCUT2D eigenvalue weighted by atomic mass is 19.1. The Morgan fingerprint density at radius 3 is 2.79 bits per heavy atom. The second-order valence-corrected chi connectivity index (χ2v) is 6.62. The van der Waals surface area contributed by atoms with Gasteiger partial charge in [0.1, 0.15) is 11.6 Å². The minimum Gasteiger partial charge on any atom is -0.368 e. The standard InChI is InChI=1S/C18H18FN7O2/c19-11-5-3-4-10(8-11)9-13-22-14(25-18(20)23-13)15-24-17(28-26-15)16(27)21-12-6-1-2-7-12/h3-5,8,12H,1-2,6-7,9H2,(H,21,27)(H2,20,22,23,25). The Morgan fingerprint density at radius 1 is 1.18 bits per heavy atom. The minimum atomic E-state index is -0.423. The zero-order valence-electron chi connectivity index (χ0n) is 14.9. The fraction of sp³-hybridized carbons (Fsp3) is 0.333. The van der Waals surface area contributed by atoms with Gasteiger partial charge in [-0.25, -0.2) is 9.37 Å². The molecule has 0 radical (unpaired) electrons. The van der Waals surface area contributed by atoms with Crippen molar-refractivity contribution in [1.82, 2.24) is 30.4 Å². The van der Waals surface area contributed by atoms with E-state index in [9.17, 15) is 9.18 Å². The van der Waals surface area contributed by atoms with Gasteiger partial charge in [0.2, 0.25) is 17.6 Å². The average Bonchev–Trinajstić information content (AvgIpc) is 3.33. The van der Waals surface area contributed by atoms with Crippen molar-refractivity contribution >= 4 is 11.9 Å². The van der Waals surface area contributed by atoms with Gasteiger partial charge in [0.05, 0.1) is 0 Å². The number of aromatic nitrogens is 5. The summed E-state index contributed by atoms with van der Waals surface area (Å²) in [7, 11) is 0. The summed E-state index contributed by atoms with van der Waals surface area (Å²) in [5, 5.41) is 6.64. The molecule has 0 unspecified atom stereocenters. The maximum atomic E-state index is 13.4. The van der Waals surface area contributed by atoms with E-state index < -0.39 is 5.91 Å². The third-order valence-electron chi connectivity index (χ3n) is 4.46. The number of carbonyl (C=O) groups is 1. The second-order valence-electron chi connectivity index (χ2n) is 6.62. The topological polar surface area (TPSA) is 133 Å². The quantitative estimate of drug-likeness (QED) is 0.682. The van der Waals surface area contributed by atoms with Crippen molar-refractivity contribution in [3.63, 3.8) is 0 Å². The van der Waals surface area contributed by atoms with Gasteiger partial charge in [-0.2, -0.15) is 15.0 Å². The van der Waals surface area contributed by atoms with E-state index in [0.29, 0.717) is 11.4 Å². The summed E-state index contributed by atoms with van der Waals surface area (Å²) in [6.07, 6.45) is 4.33. The first-order chi connectivity index (χ1) is 13.6. The molecule has 144 valence electrons. The molecule has 0 saturated heterocycles. The van der Waals surface area contributed by atoms with Gasteiger partial charge in [0.15, 0.2) is 0 Å². The Balaban J connectivity index is 1.53. The molecule has 1 amide bonds. The van der Waals surface area contributed by atoms with Crippen LogP contribution in [0.5, 0.6) is 0 Å². The van der Waals surface area contributed by atoms with Crippen molar-refractivity contribution in [2.24, 2.45) is 0 Å². The van der Waals surface area contributed by atoms with Crippen molar-refractivity contribution in [2.75, 3.05) is 5.73 Å². The Bertz CT molecular complexity index is 1000. The van der Waals surface area contributed by atoms with Gasteiger partial charge in [0, 0.05) is 12.5 Å². The maximum Gasteiger partial charge on any atom is 0.316 e. The summed E-state index contributed by atoms with van der Waals surface area (Å²) in [6, 6.07) is 6.23. The number of benzene rings is 1. The molecule has 1 saturated carbocycles. The summed E-state index contributed by atoms with van der Waals surface area (Å²) in [5.74, 6) is -0.516. The van der Waals surface area contributed by atoms with Crippen LogP contribution in [0.1, 0.15) is 47.8 Å². The molecular weight excluding hydrogens is 365 g/mol. The number of nitrogen functional groups attached to an aromatic ring is 1. The van der Waals surface area contributed by atoms with E-state index >= 15 is 0 Å². The molecule has 0 atom stereocenters. The lowest BCUT2D eigenvalue weighted by molar-refractivity contribution is 0.0893. The Labute approximate surface area is 159 Å². The van der Waals surface area contributed by atoms with Crippen LogP contribution in [-0.4, -0.2) is 37.0 Å². The Kier molecular flexibility index (Phi) is 4.92. The van der Waals surface area contributed by atoms with E-state index in [1.165, 1.54) is 12.1 Å². The summed E-state index contributed by atoms with van der Waals surface area (Å²) >= 11 is 0. The number of nitrogens with one attached hydrogen (secondary N) is 1. The van der Waals surface area contributed by atoms with Crippen LogP contribution in [0.3, 0.4) is 0 Å². The molecule has 2 aromatic heterocycles. The first-order valence-corrected chi connectivity index (χ1v) is 8.96. The van der Waals surface area contributed by atoms with E-state index in [2.05, 4.69) is 30.4 Å². The fourth-order valence-corrected chi connectivity index (χ4v) is 3.17. The zero-order valence-corrected chi connectivity index (χ0v) is 14.9. The fourth-order valence-electron chi connectivity index (χ4n) is 3.17. The first kappa shape index (κ1) is 18.0. The molecular formula is C18H18FN7O2. The summed E-state index contributed by atoms with van der Waals surface area (Å²) in [6.45, 7) is 0. The monoisotopic (exact) mass is 383 g/mol. The molecule has 0 spiro atoms. The number of carbonyl (C=O) groups excluding carboxylic acids is 1. The van der Waals surface area contributed by atoms with E-state index in [-0.39, 0.29) is 41.8 Å². The number of halogens is 1. The summed E-state index contributed by atoms with van der Waals surface area (Å²) in [4.78, 5) is 28.6. The highest BCUT2D eigenvalue weighted by molar-refractivity contribution is 5.90. The molecule has 1 aliphatic carbocycles. The van der Waals surface area contributed by atoms with Crippen LogP contribution in [0.2, 0.25) is 0 Å². The molecule has 9 nitrogen and oxygen atoms in total. The van der Waals surface area contributed by atoms with Crippen molar-refractivity contribution in [3.8, 4) is 11.6 Å². The molecule has 10 heteroatoms. The summed E-state index contributed by atoms with van der Waals surface area (Å²) < 4.78 is 18.4. The Morgan fingerprint density at radius 2 is 2.00 bits per heavy atom. The molecule has 0 aliphatic heterocycles. The van der Waals surface area contributed by atoms with E-state index in [4.69, 9.17) is 10.3 Å². The lowest BCUT2D eigenvalue weighted by atomic mass is 10.1. The number of hydrogen-bond donors (Lipinski definition) is 2. The van der Waals surface area contributed by atoms with Crippen LogP contribution >= 0.6 is 0 Å². The third kappa shape index (κ3) is 4.11. The van der Waals surface area contributed by atoms with Crippen LogP contribution in [0.4, 0.5) is 10.3 Å². The molecule has 3 N–H and O–H groups in total. The van der Waals surface area contributed by atoms with Crippen LogP contribution in [0.15, 0.2) is 28.8 Å². The van der Waals surface area contributed by atoms with Crippen molar-refractivity contribution < 1.29 is 13.7 Å². The molecule has 1 aliphatic rings. The van der Waals surface area contributed by atoms with Gasteiger partial charge < -0.3 is 15.6 Å². The van der Waals surface area contributed by atoms with Crippen LogP contribution in [0, 0.1) is 5.82 Å². The second kappa shape index (κ2) is 7.67. The number of anilines is 1. The highest BCUT2D eigenvalue weighted by Gasteiger charge is 2.23. The lowest BCUT2D eigenvalue weighted by Gasteiger charge is -2.08. The number of hydrogen-bond acceptors (Lipinski definition) is 8. The van der Waals surface area contributed by atoms with Gasteiger partial charge in [-0.3, -0.25) is 4.79 Å². The van der Waals surface area contributed by atoms with Gasteiger partial charge >= 0.3 is 11.8 Å². The van der Waals surface area contributed by atoms with Crippen molar-refractivity contribution in [3.05, 3.63) is 47.4 Å². The van der Waals surface area contributed by atoms with Gasteiger partial charge in [-0.1, -0.05) is 30.1 Å². The highest BCUT2D eigenvalue weighted by Crippen LogP contribution is 2.19. The molecule has 3 aromatic rings. The minimum absolute atomic E-state index is 0.0295. The normalized spacial score (nSPS) is 14.3. The van der Waals surface area contributed by atoms with E-state index in [1.54, 1.807) is 12.1 Å².